The molecule has 0 spiro atoms. The number of amides is 5. The maximum atomic E-state index is 14.8. The molecule has 39 heavy (non-hydrogen) atoms. The first-order valence-corrected chi connectivity index (χ1v) is 13.3. The van der Waals surface area contributed by atoms with E-state index in [1.165, 1.54) is 4.90 Å². The number of nitrogens with one attached hydrogen (secondary N) is 1. The molecule has 0 radical (unpaired) electrons. The molecule has 1 aromatic carbocycles. The third kappa shape index (κ3) is 5.62. The van der Waals surface area contributed by atoms with E-state index in [1.807, 2.05) is 6.07 Å². The molecule has 3 fully saturated rings. The molecule has 2 aromatic rings. The summed E-state index contributed by atoms with van der Waals surface area (Å²) >= 11 is 0. The average Bonchev–Trinajstić information content (AvgIpc) is 3.69. The van der Waals surface area contributed by atoms with E-state index in [2.05, 4.69) is 10.3 Å². The molecule has 1 N–H and O–H groups in total. The first kappa shape index (κ1) is 26.7. The summed E-state index contributed by atoms with van der Waals surface area (Å²) < 4.78 is 29.4. The Morgan fingerprint density at radius 1 is 1.13 bits per heavy atom. The van der Waals surface area contributed by atoms with Crippen molar-refractivity contribution in [1.29, 1.82) is 0 Å². The van der Waals surface area contributed by atoms with Crippen molar-refractivity contribution >= 4 is 23.8 Å². The minimum absolute atomic E-state index is 0.0772. The largest absolute Gasteiger partial charge is 0.342 e. The van der Waals surface area contributed by atoms with Crippen LogP contribution in [0.15, 0.2) is 42.5 Å². The SMILES string of the molecule is CCN1C(=O)CCN(CC(=O)N2C[C@H](F)C[C@H]2C(=O)N[C@@H](c2ccccc2)c2ccc(C3CC3)c(F)n2)C1=O. The van der Waals surface area contributed by atoms with E-state index in [-0.39, 0.29) is 50.8 Å². The Labute approximate surface area is 225 Å². The van der Waals surface area contributed by atoms with Crippen LogP contribution in [0.2, 0.25) is 0 Å². The molecule has 11 heteroatoms. The number of urea groups is 1. The molecule has 2 aliphatic heterocycles. The molecule has 1 aromatic heterocycles. The van der Waals surface area contributed by atoms with Crippen LogP contribution in [-0.2, 0) is 14.4 Å². The highest BCUT2D eigenvalue weighted by atomic mass is 19.1. The number of carbonyl (C=O) groups excluding carboxylic acids is 4. The van der Waals surface area contributed by atoms with Gasteiger partial charge in [0.25, 0.3) is 0 Å². The van der Waals surface area contributed by atoms with Gasteiger partial charge in [0.05, 0.1) is 18.3 Å². The Kier molecular flexibility index (Phi) is 7.58. The van der Waals surface area contributed by atoms with E-state index in [0.717, 1.165) is 22.6 Å². The summed E-state index contributed by atoms with van der Waals surface area (Å²) in [5.41, 5.74) is 1.51. The summed E-state index contributed by atoms with van der Waals surface area (Å²) in [6, 6.07) is 9.81. The van der Waals surface area contributed by atoms with Crippen molar-refractivity contribution in [3.05, 3.63) is 65.2 Å². The molecule has 1 saturated carbocycles. The second-order valence-corrected chi connectivity index (χ2v) is 10.2. The number of aromatic nitrogens is 1. The highest BCUT2D eigenvalue weighted by Gasteiger charge is 2.42. The fraction of sp³-hybridized carbons (Fsp3) is 0.464. The normalized spacial score (nSPS) is 22.3. The third-order valence-electron chi connectivity index (χ3n) is 7.55. The van der Waals surface area contributed by atoms with Crippen molar-refractivity contribution in [2.24, 2.45) is 0 Å². The summed E-state index contributed by atoms with van der Waals surface area (Å²) in [5, 5.41) is 2.86. The molecule has 2 saturated heterocycles. The molecule has 3 aliphatic rings. The van der Waals surface area contributed by atoms with Gasteiger partial charge < -0.3 is 15.1 Å². The van der Waals surface area contributed by atoms with Crippen molar-refractivity contribution in [3.8, 4) is 0 Å². The van der Waals surface area contributed by atoms with Crippen LogP contribution < -0.4 is 5.32 Å². The van der Waals surface area contributed by atoms with E-state index in [9.17, 15) is 28.0 Å². The lowest BCUT2D eigenvalue weighted by Gasteiger charge is -2.34. The maximum absolute atomic E-state index is 14.8. The number of likely N-dealkylation sites (tertiary alicyclic amines) is 1. The molecule has 0 bridgehead atoms. The van der Waals surface area contributed by atoms with Gasteiger partial charge in [-0.15, -0.1) is 0 Å². The van der Waals surface area contributed by atoms with Crippen molar-refractivity contribution < 1.29 is 28.0 Å². The molecule has 9 nitrogen and oxygen atoms in total. The topological polar surface area (TPSA) is 103 Å². The second kappa shape index (κ2) is 11.1. The van der Waals surface area contributed by atoms with Crippen molar-refractivity contribution in [3.63, 3.8) is 0 Å². The van der Waals surface area contributed by atoms with Gasteiger partial charge in [0.1, 0.15) is 18.8 Å². The predicted molar refractivity (Wildman–Crippen MR) is 137 cm³/mol. The van der Waals surface area contributed by atoms with Gasteiger partial charge in [-0.25, -0.2) is 14.2 Å². The Morgan fingerprint density at radius 2 is 1.87 bits per heavy atom. The molecule has 5 amide bonds. The maximum Gasteiger partial charge on any atom is 0.327 e. The van der Waals surface area contributed by atoms with Gasteiger partial charge >= 0.3 is 6.03 Å². The van der Waals surface area contributed by atoms with Crippen LogP contribution in [0.25, 0.3) is 0 Å². The summed E-state index contributed by atoms with van der Waals surface area (Å²) in [7, 11) is 0. The summed E-state index contributed by atoms with van der Waals surface area (Å²) in [4.78, 5) is 58.9. The van der Waals surface area contributed by atoms with E-state index in [1.54, 1.807) is 43.3 Å². The van der Waals surface area contributed by atoms with Gasteiger partial charge in [0.15, 0.2) is 0 Å². The monoisotopic (exact) mass is 539 g/mol. The highest BCUT2D eigenvalue weighted by molar-refractivity contribution is 5.98. The summed E-state index contributed by atoms with van der Waals surface area (Å²) in [6.07, 6.45) is 0.309. The first-order valence-electron chi connectivity index (χ1n) is 13.3. The van der Waals surface area contributed by atoms with Crippen LogP contribution in [-0.4, -0.2) is 81.8 Å². The number of pyridine rings is 1. The smallest absolute Gasteiger partial charge is 0.327 e. The van der Waals surface area contributed by atoms with Crippen LogP contribution >= 0.6 is 0 Å². The number of rotatable bonds is 8. The predicted octanol–water partition coefficient (Wildman–Crippen LogP) is 2.92. The number of alkyl halides is 1. The number of halogens is 2. The highest BCUT2D eigenvalue weighted by Crippen LogP contribution is 2.41. The number of nitrogens with zero attached hydrogens (tertiary/aromatic N) is 4. The zero-order chi connectivity index (χ0) is 27.7. The van der Waals surface area contributed by atoms with E-state index in [4.69, 9.17) is 0 Å². The van der Waals surface area contributed by atoms with Gasteiger partial charge in [-0.05, 0) is 37.3 Å². The van der Waals surface area contributed by atoms with Gasteiger partial charge in [0, 0.05) is 31.5 Å². The van der Waals surface area contributed by atoms with Gasteiger partial charge in [-0.1, -0.05) is 36.4 Å². The summed E-state index contributed by atoms with van der Waals surface area (Å²) in [5.74, 6) is -1.89. The Balaban J connectivity index is 1.34. The number of imide groups is 1. The van der Waals surface area contributed by atoms with Gasteiger partial charge in [-0.2, -0.15) is 4.39 Å². The average molecular weight is 540 g/mol. The minimum atomic E-state index is -1.42. The zero-order valence-corrected chi connectivity index (χ0v) is 21.7. The Morgan fingerprint density at radius 3 is 2.54 bits per heavy atom. The fourth-order valence-electron chi connectivity index (χ4n) is 5.29. The second-order valence-electron chi connectivity index (χ2n) is 10.2. The number of hydrogen-bond donors (Lipinski definition) is 1. The number of carbonyl (C=O) groups is 4. The lowest BCUT2D eigenvalue weighted by atomic mass is 10.0. The number of hydrogen-bond acceptors (Lipinski definition) is 5. The first-order chi connectivity index (χ1) is 18.8. The number of benzene rings is 1. The molecule has 5 rings (SSSR count). The molecule has 3 atom stereocenters. The van der Waals surface area contributed by atoms with E-state index in [0.29, 0.717) is 16.8 Å². The lowest BCUT2D eigenvalue weighted by Crippen LogP contribution is -2.56. The van der Waals surface area contributed by atoms with Crippen LogP contribution in [0.1, 0.15) is 61.4 Å². The lowest BCUT2D eigenvalue weighted by molar-refractivity contribution is -0.140. The Bertz CT molecular complexity index is 1270. The van der Waals surface area contributed by atoms with Gasteiger partial charge in [0.2, 0.25) is 23.7 Å². The molecule has 206 valence electrons. The van der Waals surface area contributed by atoms with Crippen LogP contribution in [0.5, 0.6) is 0 Å². The molecular weight excluding hydrogens is 508 g/mol. The van der Waals surface area contributed by atoms with Crippen molar-refractivity contribution in [2.75, 3.05) is 26.2 Å². The van der Waals surface area contributed by atoms with Crippen LogP contribution in [0, 0.1) is 5.95 Å². The Hall–Kier alpha value is -3.89. The van der Waals surface area contributed by atoms with E-state index >= 15 is 0 Å². The van der Waals surface area contributed by atoms with Gasteiger partial charge in [-0.3, -0.25) is 19.3 Å². The molecule has 3 heterocycles. The van der Waals surface area contributed by atoms with Crippen molar-refractivity contribution in [1.82, 2.24) is 25.0 Å². The van der Waals surface area contributed by atoms with Crippen molar-refractivity contribution in [2.45, 2.75) is 56.8 Å². The molecule has 1 aliphatic carbocycles. The summed E-state index contributed by atoms with van der Waals surface area (Å²) in [6.45, 7) is 1.28. The third-order valence-corrected chi connectivity index (χ3v) is 7.55. The van der Waals surface area contributed by atoms with Crippen LogP contribution in [0.3, 0.4) is 0 Å². The molecule has 0 unspecified atom stereocenters. The molecular formula is C28H31F2N5O4. The zero-order valence-electron chi connectivity index (χ0n) is 21.7. The quantitative estimate of drug-likeness (QED) is 0.520. The standard InChI is InChI=1S/C28H31F2N5O4/c1-2-34-23(36)12-13-33(28(34)39)16-24(37)35-15-19(29)14-22(35)27(38)32-25(18-6-4-3-5-7-18)21-11-10-20(17-8-9-17)26(30)31-21/h3-7,10-11,17,19,22,25H,2,8-9,12-16H2,1H3,(H,32,38)/t19-,22+,25+/m1/s1. The minimum Gasteiger partial charge on any atom is -0.342 e. The van der Waals surface area contributed by atoms with E-state index < -0.39 is 42.0 Å². The van der Waals surface area contributed by atoms with Crippen LogP contribution in [0.4, 0.5) is 13.6 Å². The fourth-order valence-corrected chi connectivity index (χ4v) is 5.29.